The van der Waals surface area contributed by atoms with Crippen molar-refractivity contribution in [3.8, 4) is 0 Å². The Morgan fingerprint density at radius 3 is 2.20 bits per heavy atom. The first kappa shape index (κ1) is 16.7. The van der Waals surface area contributed by atoms with Gasteiger partial charge in [0.05, 0.1) is 6.10 Å². The first-order chi connectivity index (χ1) is 9.49. The molecule has 114 valence electrons. The summed E-state index contributed by atoms with van der Waals surface area (Å²) in [4.78, 5) is 9.25. The molecule has 1 heterocycles. The summed E-state index contributed by atoms with van der Waals surface area (Å²) in [7, 11) is 1.72. The summed E-state index contributed by atoms with van der Waals surface area (Å²) >= 11 is 0. The van der Waals surface area contributed by atoms with E-state index in [0.29, 0.717) is 5.92 Å². The van der Waals surface area contributed by atoms with Crippen molar-refractivity contribution in [2.45, 2.75) is 53.1 Å². The summed E-state index contributed by atoms with van der Waals surface area (Å²) in [6.07, 6.45) is 1.23. The molecule has 0 spiro atoms. The van der Waals surface area contributed by atoms with E-state index in [9.17, 15) is 0 Å². The maximum Gasteiger partial charge on any atom is 0.135 e. The van der Waals surface area contributed by atoms with Gasteiger partial charge in [0.15, 0.2) is 0 Å². The molecular formula is C15H28N4O. The van der Waals surface area contributed by atoms with Crippen molar-refractivity contribution in [3.05, 3.63) is 11.4 Å². The van der Waals surface area contributed by atoms with Crippen molar-refractivity contribution in [2.24, 2.45) is 0 Å². The second kappa shape index (κ2) is 8.04. The van der Waals surface area contributed by atoms with Crippen molar-refractivity contribution < 1.29 is 4.74 Å². The van der Waals surface area contributed by atoms with Crippen LogP contribution >= 0.6 is 0 Å². The van der Waals surface area contributed by atoms with Crippen LogP contribution in [0.4, 0.5) is 11.6 Å². The predicted octanol–water partition coefficient (Wildman–Crippen LogP) is 3.18. The number of nitrogens with zero attached hydrogens (tertiary/aromatic N) is 2. The number of methoxy groups -OCH3 is 1. The number of aromatic nitrogens is 2. The molecule has 0 saturated heterocycles. The molecule has 0 saturated carbocycles. The lowest BCUT2D eigenvalue weighted by atomic mass is 10.2. The zero-order valence-electron chi connectivity index (χ0n) is 13.6. The van der Waals surface area contributed by atoms with Crippen molar-refractivity contribution in [2.75, 3.05) is 30.8 Å². The van der Waals surface area contributed by atoms with Gasteiger partial charge in [0.25, 0.3) is 0 Å². The molecule has 0 amide bonds. The van der Waals surface area contributed by atoms with Gasteiger partial charge in [-0.1, -0.05) is 20.8 Å². The molecular weight excluding hydrogens is 252 g/mol. The fourth-order valence-corrected chi connectivity index (χ4v) is 1.70. The van der Waals surface area contributed by atoms with Gasteiger partial charge in [-0.05, 0) is 20.3 Å². The van der Waals surface area contributed by atoms with E-state index in [1.807, 2.05) is 13.8 Å². The van der Waals surface area contributed by atoms with E-state index in [2.05, 4.69) is 41.4 Å². The lowest BCUT2D eigenvalue weighted by molar-refractivity contribution is 0.128. The molecule has 1 aromatic rings. The largest absolute Gasteiger partial charge is 0.380 e. The van der Waals surface area contributed by atoms with Crippen LogP contribution in [0.1, 0.15) is 51.4 Å². The molecule has 5 nitrogen and oxygen atoms in total. The van der Waals surface area contributed by atoms with E-state index in [4.69, 9.17) is 4.74 Å². The number of nitrogens with one attached hydrogen (secondary N) is 2. The standard InChI is InChI=1S/C15H28N4O/c1-7-8-16-14-12(5)15(17-9-11(4)20-6)19-13(18-14)10(2)3/h10-11H,7-9H2,1-6H3,(H2,16,17,18,19). The van der Waals surface area contributed by atoms with Crippen LogP contribution in [-0.4, -0.2) is 36.3 Å². The maximum atomic E-state index is 5.26. The Kier molecular flexibility index (Phi) is 6.71. The molecule has 0 aliphatic rings. The van der Waals surface area contributed by atoms with Gasteiger partial charge in [0.2, 0.25) is 0 Å². The third kappa shape index (κ3) is 4.63. The predicted molar refractivity (Wildman–Crippen MR) is 84.6 cm³/mol. The first-order valence-electron chi connectivity index (χ1n) is 7.38. The van der Waals surface area contributed by atoms with E-state index in [0.717, 1.165) is 42.5 Å². The second-order valence-electron chi connectivity index (χ2n) is 5.41. The highest BCUT2D eigenvalue weighted by atomic mass is 16.5. The van der Waals surface area contributed by atoms with E-state index >= 15 is 0 Å². The minimum atomic E-state index is 0.152. The lowest BCUT2D eigenvalue weighted by Crippen LogP contribution is -2.20. The summed E-state index contributed by atoms with van der Waals surface area (Å²) in [6, 6.07) is 0. The number of anilines is 2. The Bertz CT molecular complexity index is 421. The van der Waals surface area contributed by atoms with Crippen molar-refractivity contribution in [1.82, 2.24) is 9.97 Å². The van der Waals surface area contributed by atoms with Crippen LogP contribution in [-0.2, 0) is 4.74 Å². The highest BCUT2D eigenvalue weighted by Gasteiger charge is 2.13. The van der Waals surface area contributed by atoms with Gasteiger partial charge in [-0.25, -0.2) is 9.97 Å². The second-order valence-corrected chi connectivity index (χ2v) is 5.41. The van der Waals surface area contributed by atoms with Crippen LogP contribution in [0.15, 0.2) is 0 Å². The molecule has 1 unspecified atom stereocenters. The van der Waals surface area contributed by atoms with Crippen LogP contribution in [0.2, 0.25) is 0 Å². The van der Waals surface area contributed by atoms with Crippen molar-refractivity contribution in [3.63, 3.8) is 0 Å². The van der Waals surface area contributed by atoms with Crippen molar-refractivity contribution in [1.29, 1.82) is 0 Å². The summed E-state index contributed by atoms with van der Waals surface area (Å²) in [5, 5.41) is 6.74. The maximum absolute atomic E-state index is 5.26. The topological polar surface area (TPSA) is 59.1 Å². The summed E-state index contributed by atoms with van der Waals surface area (Å²) < 4.78 is 5.26. The molecule has 5 heteroatoms. The monoisotopic (exact) mass is 280 g/mol. The Morgan fingerprint density at radius 2 is 1.70 bits per heavy atom. The van der Waals surface area contributed by atoms with Gasteiger partial charge in [-0.3, -0.25) is 0 Å². The lowest BCUT2D eigenvalue weighted by Gasteiger charge is -2.17. The fraction of sp³-hybridized carbons (Fsp3) is 0.733. The Labute approximate surface area is 122 Å². The fourth-order valence-electron chi connectivity index (χ4n) is 1.70. The third-order valence-electron chi connectivity index (χ3n) is 3.18. The molecule has 1 aromatic heterocycles. The van der Waals surface area contributed by atoms with Gasteiger partial charge in [-0.15, -0.1) is 0 Å². The first-order valence-corrected chi connectivity index (χ1v) is 7.38. The molecule has 1 atom stereocenters. The summed E-state index contributed by atoms with van der Waals surface area (Å²) in [5.41, 5.74) is 1.06. The van der Waals surface area contributed by atoms with Gasteiger partial charge in [0, 0.05) is 31.7 Å². The number of rotatable bonds is 8. The van der Waals surface area contributed by atoms with Gasteiger partial charge < -0.3 is 15.4 Å². The van der Waals surface area contributed by atoms with Crippen LogP contribution in [0, 0.1) is 6.92 Å². The highest BCUT2D eigenvalue weighted by molar-refractivity contribution is 5.57. The highest BCUT2D eigenvalue weighted by Crippen LogP contribution is 2.23. The SMILES string of the molecule is CCCNc1nc(C(C)C)nc(NCC(C)OC)c1C. The molecule has 20 heavy (non-hydrogen) atoms. The smallest absolute Gasteiger partial charge is 0.135 e. The molecule has 0 fully saturated rings. The van der Waals surface area contributed by atoms with Crippen molar-refractivity contribution >= 4 is 11.6 Å². The average Bonchev–Trinajstić information content (AvgIpc) is 2.44. The van der Waals surface area contributed by atoms with E-state index in [1.54, 1.807) is 7.11 Å². The quantitative estimate of drug-likeness (QED) is 0.766. The molecule has 0 aromatic carbocycles. The number of hydrogen-bond donors (Lipinski definition) is 2. The zero-order chi connectivity index (χ0) is 15.1. The Hall–Kier alpha value is -1.36. The summed E-state index contributed by atoms with van der Waals surface area (Å²) in [5.74, 6) is 2.99. The zero-order valence-corrected chi connectivity index (χ0v) is 13.6. The molecule has 0 radical (unpaired) electrons. The van der Waals surface area contributed by atoms with Gasteiger partial charge in [-0.2, -0.15) is 0 Å². The van der Waals surface area contributed by atoms with E-state index < -0.39 is 0 Å². The van der Waals surface area contributed by atoms with Gasteiger partial charge in [0.1, 0.15) is 17.5 Å². The van der Waals surface area contributed by atoms with E-state index in [1.165, 1.54) is 0 Å². The number of ether oxygens (including phenoxy) is 1. The molecule has 0 aliphatic carbocycles. The summed E-state index contributed by atoms with van der Waals surface area (Å²) in [6.45, 7) is 12.1. The Morgan fingerprint density at radius 1 is 1.10 bits per heavy atom. The van der Waals surface area contributed by atoms with Crippen LogP contribution in [0.5, 0.6) is 0 Å². The molecule has 0 bridgehead atoms. The van der Waals surface area contributed by atoms with Crippen LogP contribution < -0.4 is 10.6 Å². The molecule has 1 rings (SSSR count). The molecule has 0 aliphatic heterocycles. The normalized spacial score (nSPS) is 12.6. The van der Waals surface area contributed by atoms with Crippen LogP contribution in [0.25, 0.3) is 0 Å². The minimum absolute atomic E-state index is 0.152. The van der Waals surface area contributed by atoms with Crippen LogP contribution in [0.3, 0.4) is 0 Å². The molecule has 2 N–H and O–H groups in total. The van der Waals surface area contributed by atoms with E-state index in [-0.39, 0.29) is 6.10 Å². The average molecular weight is 280 g/mol. The Balaban J connectivity index is 2.98. The minimum Gasteiger partial charge on any atom is -0.380 e. The third-order valence-corrected chi connectivity index (χ3v) is 3.18. The number of hydrogen-bond acceptors (Lipinski definition) is 5. The van der Waals surface area contributed by atoms with Gasteiger partial charge >= 0.3 is 0 Å².